The molecule has 1 fully saturated rings. The number of carbonyl (C=O) groups is 1. The molecule has 1 atom stereocenters. The molecule has 2 N–H and O–H groups in total. The van der Waals surface area contributed by atoms with Crippen LogP contribution in [0.15, 0.2) is 52.9 Å². The van der Waals surface area contributed by atoms with E-state index in [1.54, 1.807) is 30.3 Å². The minimum absolute atomic E-state index is 0.180. The number of likely N-dealkylation sites (tertiary alicyclic amines) is 1. The van der Waals surface area contributed by atoms with Gasteiger partial charge in [-0.15, -0.1) is 0 Å². The Bertz CT molecular complexity index is 1020. The topological polar surface area (TPSA) is 59.5 Å². The molecule has 0 spiro atoms. The third-order valence-corrected chi connectivity index (χ3v) is 4.77. The van der Waals surface area contributed by atoms with Gasteiger partial charge in [0.05, 0.1) is 12.6 Å². The molecule has 0 bridgehead atoms. The Hall–Kier alpha value is -2.80. The number of benzene rings is 2. The Morgan fingerprint density at radius 2 is 2.04 bits per heavy atom. The molecule has 0 unspecified atom stereocenters. The van der Waals surface area contributed by atoms with Crippen LogP contribution in [0.25, 0.3) is 22.3 Å². The molecular formula is C20H17F3N2O2. The number of carbonyl (C=O) groups excluding carboxylic acids is 1. The molecule has 27 heavy (non-hydrogen) atoms. The Labute approximate surface area is 153 Å². The van der Waals surface area contributed by atoms with Crippen molar-refractivity contribution in [3.63, 3.8) is 0 Å². The van der Waals surface area contributed by atoms with Gasteiger partial charge in [-0.1, -0.05) is 18.2 Å². The SMILES string of the molecule is NC(=O)[C@@H]1CC(F)(F)CN1Cc1ccc2oc(-c3cccc(F)c3)cc2c1. The van der Waals surface area contributed by atoms with E-state index >= 15 is 0 Å². The van der Waals surface area contributed by atoms with Crippen molar-refractivity contribution in [1.82, 2.24) is 4.90 Å². The molecule has 1 aliphatic rings. The van der Waals surface area contributed by atoms with Crippen LogP contribution in [-0.4, -0.2) is 29.3 Å². The third-order valence-electron chi connectivity index (χ3n) is 4.77. The van der Waals surface area contributed by atoms with Crippen LogP contribution in [0.3, 0.4) is 0 Å². The number of amides is 1. The quantitative estimate of drug-likeness (QED) is 0.753. The van der Waals surface area contributed by atoms with Gasteiger partial charge in [0.15, 0.2) is 0 Å². The molecule has 0 saturated carbocycles. The first-order chi connectivity index (χ1) is 12.8. The van der Waals surface area contributed by atoms with Crippen molar-refractivity contribution in [3.8, 4) is 11.3 Å². The number of rotatable bonds is 4. The first-order valence-electron chi connectivity index (χ1n) is 8.50. The summed E-state index contributed by atoms with van der Waals surface area (Å²) >= 11 is 0. The van der Waals surface area contributed by atoms with Crippen molar-refractivity contribution in [2.75, 3.05) is 6.54 Å². The van der Waals surface area contributed by atoms with E-state index < -0.39 is 30.8 Å². The van der Waals surface area contributed by atoms with Crippen LogP contribution in [0.5, 0.6) is 0 Å². The summed E-state index contributed by atoms with van der Waals surface area (Å²) in [6.07, 6.45) is -0.556. The zero-order valence-corrected chi connectivity index (χ0v) is 14.3. The Balaban J connectivity index is 1.61. The zero-order valence-electron chi connectivity index (χ0n) is 14.3. The van der Waals surface area contributed by atoms with Gasteiger partial charge in [-0.05, 0) is 35.9 Å². The molecule has 2 aromatic carbocycles. The van der Waals surface area contributed by atoms with E-state index in [-0.39, 0.29) is 12.4 Å². The number of nitrogens with two attached hydrogens (primary N) is 1. The number of hydrogen-bond donors (Lipinski definition) is 1. The lowest BCUT2D eigenvalue weighted by Gasteiger charge is -2.21. The van der Waals surface area contributed by atoms with Crippen molar-refractivity contribution in [2.45, 2.75) is 24.9 Å². The molecule has 140 valence electrons. The molecule has 1 aromatic heterocycles. The standard InChI is InChI=1S/C20H17F3N2O2/c21-15-3-1-2-13(7-15)18-8-14-6-12(4-5-17(14)27-18)10-25-11-20(22,23)9-16(25)19(24)26/h1-8,16H,9-11H2,(H2,24,26)/t16-/m0/s1. The van der Waals surface area contributed by atoms with E-state index in [0.717, 1.165) is 10.9 Å². The first kappa shape index (κ1) is 17.6. The molecule has 1 saturated heterocycles. The number of nitrogens with zero attached hydrogens (tertiary/aromatic N) is 1. The second-order valence-electron chi connectivity index (χ2n) is 6.88. The van der Waals surface area contributed by atoms with E-state index in [1.807, 2.05) is 6.07 Å². The van der Waals surface area contributed by atoms with Gasteiger partial charge in [-0.25, -0.2) is 13.2 Å². The fourth-order valence-electron chi connectivity index (χ4n) is 3.54. The van der Waals surface area contributed by atoms with Crippen LogP contribution >= 0.6 is 0 Å². The van der Waals surface area contributed by atoms with Gasteiger partial charge in [0, 0.05) is 23.9 Å². The average molecular weight is 374 g/mol. The molecule has 2 heterocycles. The van der Waals surface area contributed by atoms with E-state index in [1.165, 1.54) is 17.0 Å². The Kier molecular flexibility index (Phi) is 4.19. The lowest BCUT2D eigenvalue weighted by Crippen LogP contribution is -2.39. The second kappa shape index (κ2) is 6.42. The fraction of sp³-hybridized carbons (Fsp3) is 0.250. The normalized spacial score (nSPS) is 19.6. The van der Waals surface area contributed by atoms with Crippen LogP contribution in [0.1, 0.15) is 12.0 Å². The maximum Gasteiger partial charge on any atom is 0.262 e. The molecular weight excluding hydrogens is 357 g/mol. The molecule has 7 heteroatoms. The van der Waals surface area contributed by atoms with E-state index in [2.05, 4.69) is 0 Å². The summed E-state index contributed by atoms with van der Waals surface area (Å²) in [5.74, 6) is -3.51. The summed E-state index contributed by atoms with van der Waals surface area (Å²) in [7, 11) is 0. The highest BCUT2D eigenvalue weighted by Gasteiger charge is 2.47. The van der Waals surface area contributed by atoms with Crippen molar-refractivity contribution in [1.29, 1.82) is 0 Å². The van der Waals surface area contributed by atoms with Gasteiger partial charge in [-0.2, -0.15) is 0 Å². The highest BCUT2D eigenvalue weighted by atomic mass is 19.3. The van der Waals surface area contributed by atoms with Gasteiger partial charge >= 0.3 is 0 Å². The fourth-order valence-corrected chi connectivity index (χ4v) is 3.54. The monoisotopic (exact) mass is 374 g/mol. The maximum atomic E-state index is 13.7. The van der Waals surface area contributed by atoms with E-state index in [0.29, 0.717) is 16.9 Å². The van der Waals surface area contributed by atoms with Gasteiger partial charge in [0.2, 0.25) is 5.91 Å². The van der Waals surface area contributed by atoms with Gasteiger partial charge in [0.25, 0.3) is 5.92 Å². The predicted octanol–water partition coefficient (Wildman–Crippen LogP) is 3.93. The number of primary amides is 1. The molecule has 0 radical (unpaired) electrons. The molecule has 0 aliphatic carbocycles. The lowest BCUT2D eigenvalue weighted by molar-refractivity contribution is -0.122. The maximum absolute atomic E-state index is 13.7. The zero-order chi connectivity index (χ0) is 19.2. The van der Waals surface area contributed by atoms with Crippen molar-refractivity contribution in [3.05, 3.63) is 59.9 Å². The minimum atomic E-state index is -2.93. The minimum Gasteiger partial charge on any atom is -0.456 e. The lowest BCUT2D eigenvalue weighted by atomic mass is 10.1. The third kappa shape index (κ3) is 3.55. The number of furan rings is 1. The summed E-state index contributed by atoms with van der Waals surface area (Å²) in [6, 6.07) is 12.2. The van der Waals surface area contributed by atoms with Gasteiger partial charge in [-0.3, -0.25) is 9.69 Å². The molecule has 3 aromatic rings. The highest BCUT2D eigenvalue weighted by molar-refractivity contribution is 5.83. The van der Waals surface area contributed by atoms with Crippen LogP contribution < -0.4 is 5.73 Å². The van der Waals surface area contributed by atoms with Crippen molar-refractivity contribution < 1.29 is 22.4 Å². The summed E-state index contributed by atoms with van der Waals surface area (Å²) in [5.41, 5.74) is 7.26. The van der Waals surface area contributed by atoms with Crippen LogP contribution in [0, 0.1) is 5.82 Å². The molecule has 4 rings (SSSR count). The van der Waals surface area contributed by atoms with Gasteiger partial charge < -0.3 is 10.2 Å². The first-order valence-corrected chi connectivity index (χ1v) is 8.50. The Morgan fingerprint density at radius 1 is 1.22 bits per heavy atom. The average Bonchev–Trinajstić information content (AvgIpc) is 3.15. The summed E-state index contributed by atoms with van der Waals surface area (Å²) in [6.45, 7) is -0.321. The summed E-state index contributed by atoms with van der Waals surface area (Å²) < 4.78 is 46.5. The number of hydrogen-bond acceptors (Lipinski definition) is 3. The van der Waals surface area contributed by atoms with Crippen LogP contribution in [0.2, 0.25) is 0 Å². The predicted molar refractivity (Wildman–Crippen MR) is 94.6 cm³/mol. The molecule has 1 amide bonds. The van der Waals surface area contributed by atoms with Crippen molar-refractivity contribution in [2.24, 2.45) is 5.73 Å². The summed E-state index contributed by atoms with van der Waals surface area (Å²) in [5, 5.41) is 0.772. The number of fused-ring (bicyclic) bond motifs is 1. The van der Waals surface area contributed by atoms with E-state index in [9.17, 15) is 18.0 Å². The highest BCUT2D eigenvalue weighted by Crippen LogP contribution is 2.34. The van der Waals surface area contributed by atoms with E-state index in [4.69, 9.17) is 10.2 Å². The van der Waals surface area contributed by atoms with Crippen LogP contribution in [-0.2, 0) is 11.3 Å². The molecule has 4 nitrogen and oxygen atoms in total. The molecule has 1 aliphatic heterocycles. The Morgan fingerprint density at radius 3 is 2.78 bits per heavy atom. The largest absolute Gasteiger partial charge is 0.456 e. The smallest absolute Gasteiger partial charge is 0.262 e. The van der Waals surface area contributed by atoms with Crippen molar-refractivity contribution >= 4 is 16.9 Å². The van der Waals surface area contributed by atoms with Crippen LogP contribution in [0.4, 0.5) is 13.2 Å². The number of halogens is 3. The second-order valence-corrected chi connectivity index (χ2v) is 6.88. The number of alkyl halides is 2. The summed E-state index contributed by atoms with van der Waals surface area (Å²) in [4.78, 5) is 12.9. The van der Waals surface area contributed by atoms with Gasteiger partial charge in [0.1, 0.15) is 17.2 Å².